The van der Waals surface area contributed by atoms with Crippen molar-refractivity contribution in [2.75, 3.05) is 26.4 Å². The lowest BCUT2D eigenvalue weighted by molar-refractivity contribution is 0.244. The summed E-state index contributed by atoms with van der Waals surface area (Å²) >= 11 is 0. The van der Waals surface area contributed by atoms with Crippen LogP contribution < -0.4 is 0 Å². The Morgan fingerprint density at radius 2 is 1.30 bits per heavy atom. The van der Waals surface area contributed by atoms with Crippen molar-refractivity contribution in [3.63, 3.8) is 0 Å². The molecule has 0 amide bonds. The molecule has 0 spiro atoms. The zero-order chi connectivity index (χ0) is 7.40. The normalized spacial score (nSPS) is 34.2. The molecule has 4 nitrogen and oxygen atoms in total. The van der Waals surface area contributed by atoms with E-state index < -0.39 is 0 Å². The van der Waals surface area contributed by atoms with E-state index in [-0.39, 0.29) is 25.4 Å². The van der Waals surface area contributed by atoms with Gasteiger partial charge in [-0.1, -0.05) is 0 Å². The van der Waals surface area contributed by atoms with Crippen LogP contribution >= 0.6 is 0 Å². The van der Waals surface area contributed by atoms with Gasteiger partial charge >= 0.3 is 0 Å². The smallest absolute Gasteiger partial charge is 0.104 e. The molecular formula is C6H12O4. The fourth-order valence-corrected chi connectivity index (χ4v) is 0.347. The first-order valence-corrected chi connectivity index (χ1v) is 3.31. The molecule has 10 heavy (non-hydrogen) atoms. The summed E-state index contributed by atoms with van der Waals surface area (Å²) in [6.45, 7) is 1.91. The van der Waals surface area contributed by atoms with Gasteiger partial charge in [-0.3, -0.25) is 0 Å². The maximum absolute atomic E-state index is 8.08. The summed E-state index contributed by atoms with van der Waals surface area (Å²) in [7, 11) is 0. The van der Waals surface area contributed by atoms with Gasteiger partial charge in [-0.2, -0.15) is 0 Å². The second-order valence-electron chi connectivity index (χ2n) is 2.28. The molecule has 0 aliphatic carbocycles. The van der Waals surface area contributed by atoms with E-state index in [0.29, 0.717) is 0 Å². The van der Waals surface area contributed by atoms with Gasteiger partial charge in [0.05, 0.1) is 26.4 Å². The third kappa shape index (κ3) is 3.79. The van der Waals surface area contributed by atoms with Crippen molar-refractivity contribution in [3.8, 4) is 0 Å². The number of epoxide rings is 2. The molecule has 0 bridgehead atoms. The third-order valence-electron chi connectivity index (χ3n) is 1.21. The van der Waals surface area contributed by atoms with Crippen molar-refractivity contribution >= 4 is 0 Å². The minimum Gasteiger partial charge on any atom is -0.394 e. The Bertz CT molecular complexity index is 75.7. The van der Waals surface area contributed by atoms with E-state index >= 15 is 0 Å². The SMILES string of the molecule is OCC1CO1.OCC1CO1. The Morgan fingerprint density at radius 1 is 1.00 bits per heavy atom. The molecule has 2 fully saturated rings. The number of aliphatic hydroxyl groups is 2. The van der Waals surface area contributed by atoms with Crippen molar-refractivity contribution in [3.05, 3.63) is 0 Å². The Labute approximate surface area is 59.4 Å². The molecule has 4 heteroatoms. The van der Waals surface area contributed by atoms with Crippen LogP contribution in [0.25, 0.3) is 0 Å². The minimum absolute atomic E-state index is 0.190. The molecule has 2 heterocycles. The second kappa shape index (κ2) is 3.88. The monoisotopic (exact) mass is 148 g/mol. The molecule has 2 saturated heterocycles. The summed E-state index contributed by atoms with van der Waals surface area (Å²) in [5.41, 5.74) is 0. The molecule has 2 rings (SSSR count). The van der Waals surface area contributed by atoms with Crippen molar-refractivity contribution in [1.82, 2.24) is 0 Å². The van der Waals surface area contributed by atoms with E-state index in [1.54, 1.807) is 0 Å². The van der Waals surface area contributed by atoms with E-state index in [2.05, 4.69) is 9.47 Å². The zero-order valence-electron chi connectivity index (χ0n) is 5.69. The van der Waals surface area contributed by atoms with Crippen LogP contribution in [0.2, 0.25) is 0 Å². The first-order valence-electron chi connectivity index (χ1n) is 3.31. The first-order chi connectivity index (χ1) is 4.86. The highest BCUT2D eigenvalue weighted by Gasteiger charge is 2.20. The molecule has 2 aliphatic heterocycles. The van der Waals surface area contributed by atoms with Crippen LogP contribution in [0.4, 0.5) is 0 Å². The maximum atomic E-state index is 8.08. The van der Waals surface area contributed by atoms with Gasteiger partial charge in [0, 0.05) is 0 Å². The number of ether oxygens (including phenoxy) is 2. The van der Waals surface area contributed by atoms with Gasteiger partial charge in [0.15, 0.2) is 0 Å². The van der Waals surface area contributed by atoms with Crippen LogP contribution in [0.1, 0.15) is 0 Å². The van der Waals surface area contributed by atoms with E-state index in [9.17, 15) is 0 Å². The first kappa shape index (κ1) is 7.94. The Kier molecular flexibility index (Phi) is 3.08. The number of hydrogen-bond donors (Lipinski definition) is 2. The van der Waals surface area contributed by atoms with Crippen LogP contribution in [0.5, 0.6) is 0 Å². The standard InChI is InChI=1S/2C3H6O2/c2*4-1-3-2-5-3/h2*3-4H,1-2H2. The van der Waals surface area contributed by atoms with Crippen molar-refractivity contribution < 1.29 is 19.7 Å². The van der Waals surface area contributed by atoms with Crippen LogP contribution in [0, 0.1) is 0 Å². The van der Waals surface area contributed by atoms with E-state index in [1.165, 1.54) is 0 Å². The van der Waals surface area contributed by atoms with Gasteiger partial charge in [0.1, 0.15) is 12.2 Å². The summed E-state index contributed by atoms with van der Waals surface area (Å²) in [6, 6.07) is 0. The lowest BCUT2D eigenvalue weighted by Gasteiger charge is -1.70. The minimum atomic E-state index is 0.190. The van der Waals surface area contributed by atoms with Gasteiger partial charge in [-0.05, 0) is 0 Å². The molecule has 0 aromatic carbocycles. The molecule has 0 radical (unpaired) electrons. The van der Waals surface area contributed by atoms with Gasteiger partial charge < -0.3 is 19.7 Å². The molecular weight excluding hydrogens is 136 g/mol. The average Bonchev–Trinajstić information content (AvgIpc) is 2.86. The van der Waals surface area contributed by atoms with Crippen LogP contribution in [-0.4, -0.2) is 48.8 Å². The summed E-state index contributed by atoms with van der Waals surface area (Å²) in [6.07, 6.45) is 0.380. The average molecular weight is 148 g/mol. The van der Waals surface area contributed by atoms with Crippen molar-refractivity contribution in [1.29, 1.82) is 0 Å². The van der Waals surface area contributed by atoms with Gasteiger partial charge in [0.25, 0.3) is 0 Å². The van der Waals surface area contributed by atoms with Crippen LogP contribution in [0.15, 0.2) is 0 Å². The lowest BCUT2D eigenvalue weighted by atomic mass is 10.5. The lowest BCUT2D eigenvalue weighted by Crippen LogP contribution is -1.88. The molecule has 2 N–H and O–H groups in total. The topological polar surface area (TPSA) is 65.5 Å². The molecule has 0 aromatic heterocycles. The largest absolute Gasteiger partial charge is 0.394 e. The third-order valence-corrected chi connectivity index (χ3v) is 1.21. The van der Waals surface area contributed by atoms with Gasteiger partial charge in [-0.25, -0.2) is 0 Å². The molecule has 2 aliphatic rings. The second-order valence-corrected chi connectivity index (χ2v) is 2.28. The van der Waals surface area contributed by atoms with E-state index in [4.69, 9.17) is 10.2 Å². The highest BCUT2D eigenvalue weighted by molar-refractivity contribution is 4.65. The predicted octanol–water partition coefficient (Wildman–Crippen LogP) is -1.24. The van der Waals surface area contributed by atoms with Crippen molar-refractivity contribution in [2.45, 2.75) is 12.2 Å². The molecule has 60 valence electrons. The molecule has 0 saturated carbocycles. The van der Waals surface area contributed by atoms with Gasteiger partial charge in [-0.15, -0.1) is 0 Å². The van der Waals surface area contributed by atoms with E-state index in [1.807, 2.05) is 0 Å². The number of hydrogen-bond acceptors (Lipinski definition) is 4. The van der Waals surface area contributed by atoms with Crippen LogP contribution in [-0.2, 0) is 9.47 Å². The summed E-state index contributed by atoms with van der Waals surface area (Å²) < 4.78 is 9.22. The fourth-order valence-electron chi connectivity index (χ4n) is 0.347. The quantitative estimate of drug-likeness (QED) is 0.480. The fraction of sp³-hybridized carbons (Fsp3) is 1.00. The van der Waals surface area contributed by atoms with E-state index in [0.717, 1.165) is 13.2 Å². The maximum Gasteiger partial charge on any atom is 0.104 e. The Morgan fingerprint density at radius 3 is 1.30 bits per heavy atom. The summed E-state index contributed by atoms with van der Waals surface area (Å²) in [5.74, 6) is 0. The summed E-state index contributed by atoms with van der Waals surface area (Å²) in [5, 5.41) is 16.2. The summed E-state index contributed by atoms with van der Waals surface area (Å²) in [4.78, 5) is 0. The predicted molar refractivity (Wildman–Crippen MR) is 33.7 cm³/mol. The number of rotatable bonds is 2. The molecule has 2 unspecified atom stereocenters. The van der Waals surface area contributed by atoms with Crippen molar-refractivity contribution in [2.24, 2.45) is 0 Å². The highest BCUT2D eigenvalue weighted by atomic mass is 16.6. The Hall–Kier alpha value is -0.160. The van der Waals surface area contributed by atoms with Gasteiger partial charge in [0.2, 0.25) is 0 Å². The zero-order valence-corrected chi connectivity index (χ0v) is 5.69. The Balaban J connectivity index is 0.0000001000. The molecule has 0 aromatic rings. The molecule has 2 atom stereocenters. The van der Waals surface area contributed by atoms with Crippen LogP contribution in [0.3, 0.4) is 0 Å². The number of aliphatic hydroxyl groups excluding tert-OH is 2. The highest BCUT2D eigenvalue weighted by Crippen LogP contribution is 2.05.